The third kappa shape index (κ3) is 5.38. The van der Waals surface area contributed by atoms with Crippen LogP contribution in [0.15, 0.2) is 24.4 Å². The molecular weight excluding hydrogens is 506 g/mol. The molecule has 1 aliphatic heterocycles. The summed E-state index contributed by atoms with van der Waals surface area (Å²) in [7, 11) is 0. The van der Waals surface area contributed by atoms with Gasteiger partial charge in [0.05, 0.1) is 23.6 Å². The van der Waals surface area contributed by atoms with E-state index in [9.17, 15) is 22.4 Å². The van der Waals surface area contributed by atoms with Crippen molar-refractivity contribution in [1.29, 1.82) is 0 Å². The number of hydrogen-bond acceptors (Lipinski definition) is 7. The molecule has 204 valence electrons. The number of rotatable bonds is 6. The number of ether oxygens (including phenoxy) is 1. The van der Waals surface area contributed by atoms with E-state index in [4.69, 9.17) is 15.5 Å². The Bertz CT molecular complexity index is 1320. The van der Waals surface area contributed by atoms with Crippen LogP contribution in [0.4, 0.5) is 35.1 Å². The maximum atomic E-state index is 14.9. The van der Waals surface area contributed by atoms with E-state index in [1.54, 1.807) is 4.57 Å². The zero-order chi connectivity index (χ0) is 27.0. The Morgan fingerprint density at radius 1 is 1.16 bits per heavy atom. The maximum Gasteiger partial charge on any atom is 0.419 e. The summed E-state index contributed by atoms with van der Waals surface area (Å²) in [5.41, 5.74) is 4.63. The summed E-state index contributed by atoms with van der Waals surface area (Å²) in [6.45, 7) is 2.62. The van der Waals surface area contributed by atoms with E-state index in [0.29, 0.717) is 55.5 Å². The number of nitrogens with zero attached hydrogens (tertiary/aromatic N) is 4. The number of aromatic nitrogens is 4. The van der Waals surface area contributed by atoms with Gasteiger partial charge < -0.3 is 21.1 Å². The summed E-state index contributed by atoms with van der Waals surface area (Å²) in [6.07, 6.45) is 0.625. The first kappa shape index (κ1) is 26.1. The molecule has 0 spiro atoms. The number of hydrogen-bond donors (Lipinski definition) is 3. The van der Waals surface area contributed by atoms with E-state index in [1.165, 1.54) is 12.3 Å². The zero-order valence-electron chi connectivity index (χ0n) is 20.8. The number of imidazole rings is 1. The summed E-state index contributed by atoms with van der Waals surface area (Å²) in [5.74, 6) is -1.49. The van der Waals surface area contributed by atoms with E-state index < -0.39 is 17.6 Å². The molecule has 2 fully saturated rings. The number of alkyl halides is 3. The number of primary amides is 1. The largest absolute Gasteiger partial charge is 0.419 e. The number of amides is 1. The lowest BCUT2D eigenvalue weighted by atomic mass is 9.85. The van der Waals surface area contributed by atoms with Gasteiger partial charge in [-0.2, -0.15) is 18.2 Å². The number of benzene rings is 1. The molecule has 1 aromatic carbocycles. The van der Waals surface area contributed by atoms with Crippen molar-refractivity contribution in [1.82, 2.24) is 19.5 Å². The van der Waals surface area contributed by atoms with Gasteiger partial charge in [-0.15, -0.1) is 0 Å². The Labute approximate surface area is 216 Å². The second-order valence-electron chi connectivity index (χ2n) is 9.95. The highest BCUT2D eigenvalue weighted by Crippen LogP contribution is 2.39. The fraction of sp³-hybridized carbons (Fsp3) is 0.520. The molecule has 1 saturated heterocycles. The highest BCUT2D eigenvalue weighted by Gasteiger charge is 2.35. The van der Waals surface area contributed by atoms with E-state index in [0.717, 1.165) is 18.9 Å². The molecule has 2 atom stereocenters. The van der Waals surface area contributed by atoms with Crippen molar-refractivity contribution >= 4 is 34.7 Å². The Kier molecular flexibility index (Phi) is 7.12. The van der Waals surface area contributed by atoms with Crippen LogP contribution < -0.4 is 16.4 Å². The number of halogens is 4. The minimum absolute atomic E-state index is 0.106. The molecule has 4 N–H and O–H groups in total. The van der Waals surface area contributed by atoms with E-state index in [1.807, 2.05) is 6.92 Å². The lowest BCUT2D eigenvalue weighted by molar-refractivity contribution is -0.139. The van der Waals surface area contributed by atoms with Gasteiger partial charge in [0.15, 0.2) is 11.5 Å². The molecule has 2 aliphatic rings. The quantitative estimate of drug-likeness (QED) is 0.383. The van der Waals surface area contributed by atoms with E-state index in [-0.39, 0.29) is 41.6 Å². The highest BCUT2D eigenvalue weighted by molar-refractivity contribution is 5.78. The summed E-state index contributed by atoms with van der Waals surface area (Å²) in [4.78, 5) is 25.3. The lowest BCUT2D eigenvalue weighted by Crippen LogP contribution is -2.33. The molecular formula is C25H29F4N7O2. The first-order valence-electron chi connectivity index (χ1n) is 12.6. The molecule has 5 rings (SSSR count). The number of nitrogens with two attached hydrogens (primary N) is 1. The highest BCUT2D eigenvalue weighted by atomic mass is 19.4. The van der Waals surface area contributed by atoms with Gasteiger partial charge in [0.2, 0.25) is 17.8 Å². The maximum absolute atomic E-state index is 14.9. The molecule has 0 bridgehead atoms. The molecule has 1 saturated carbocycles. The van der Waals surface area contributed by atoms with Gasteiger partial charge in [-0.1, -0.05) is 6.07 Å². The van der Waals surface area contributed by atoms with Crippen LogP contribution >= 0.6 is 0 Å². The second-order valence-corrected chi connectivity index (χ2v) is 9.95. The summed E-state index contributed by atoms with van der Waals surface area (Å²) in [5, 5.41) is 6.10. The number of nitrogens with one attached hydrogen (secondary N) is 2. The van der Waals surface area contributed by atoms with E-state index in [2.05, 4.69) is 20.6 Å². The third-order valence-corrected chi connectivity index (χ3v) is 7.27. The minimum Gasteiger partial charge on any atom is -0.378 e. The molecule has 38 heavy (non-hydrogen) atoms. The standard InChI is InChI=1S/C25H29F4N7O2/c1-13-11-15(9-10-38-13)32-23-31-12-19-22(35-23)36(16-7-5-14(6-8-16)21(30)37)24(34-19)33-18-4-2-3-17(20(18)26)25(27,28)29/h2-4,12-16H,5-11H2,1H3,(H2,30,37)(H,33,34)(H,31,32,35)/t13-,14?,15-,16?/m0/s1. The van der Waals surface area contributed by atoms with Crippen molar-refractivity contribution < 1.29 is 27.1 Å². The smallest absolute Gasteiger partial charge is 0.378 e. The fourth-order valence-electron chi connectivity index (χ4n) is 5.29. The van der Waals surface area contributed by atoms with Gasteiger partial charge >= 0.3 is 6.18 Å². The van der Waals surface area contributed by atoms with Crippen molar-refractivity contribution in [3.05, 3.63) is 35.8 Å². The monoisotopic (exact) mass is 535 g/mol. The zero-order valence-corrected chi connectivity index (χ0v) is 20.8. The van der Waals surface area contributed by atoms with E-state index >= 15 is 0 Å². The van der Waals surface area contributed by atoms with Gasteiger partial charge in [0, 0.05) is 24.6 Å². The van der Waals surface area contributed by atoms with Crippen molar-refractivity contribution in [2.24, 2.45) is 11.7 Å². The van der Waals surface area contributed by atoms with Crippen LogP contribution in [0.2, 0.25) is 0 Å². The summed E-state index contributed by atoms with van der Waals surface area (Å²) < 4.78 is 62.2. The summed E-state index contributed by atoms with van der Waals surface area (Å²) >= 11 is 0. The second kappa shape index (κ2) is 10.4. The van der Waals surface area contributed by atoms with Crippen LogP contribution in [0.5, 0.6) is 0 Å². The Hall–Kier alpha value is -3.48. The Morgan fingerprint density at radius 3 is 2.61 bits per heavy atom. The number of fused-ring (bicyclic) bond motifs is 1. The number of carbonyl (C=O) groups is 1. The van der Waals surface area contributed by atoms with Crippen LogP contribution in [-0.4, -0.2) is 44.2 Å². The molecule has 9 nitrogen and oxygen atoms in total. The first-order chi connectivity index (χ1) is 18.1. The molecule has 0 unspecified atom stereocenters. The normalized spacial score (nSPS) is 24.3. The van der Waals surface area contributed by atoms with Crippen molar-refractivity contribution in [2.45, 2.75) is 69.8 Å². The van der Waals surface area contributed by atoms with Gasteiger partial charge in [0.25, 0.3) is 0 Å². The Morgan fingerprint density at radius 2 is 1.92 bits per heavy atom. The SMILES string of the molecule is C[C@H]1C[C@@H](Nc2ncc3nc(Nc4cccc(C(F)(F)F)c4F)n(C4CCC(C(N)=O)CC4)c3n2)CCO1. The molecule has 13 heteroatoms. The Balaban J connectivity index is 1.52. The number of anilines is 3. The van der Waals surface area contributed by atoms with Crippen molar-refractivity contribution in [3.8, 4) is 0 Å². The average molecular weight is 536 g/mol. The molecule has 1 aliphatic carbocycles. The predicted molar refractivity (Wildman–Crippen MR) is 132 cm³/mol. The average Bonchev–Trinajstić information content (AvgIpc) is 3.21. The molecule has 0 radical (unpaired) electrons. The third-order valence-electron chi connectivity index (χ3n) is 7.27. The van der Waals surface area contributed by atoms with Crippen molar-refractivity contribution in [2.75, 3.05) is 17.2 Å². The van der Waals surface area contributed by atoms with Crippen LogP contribution in [-0.2, 0) is 15.7 Å². The molecule has 3 heterocycles. The molecule has 2 aromatic heterocycles. The van der Waals surface area contributed by atoms with Crippen LogP contribution in [0.3, 0.4) is 0 Å². The van der Waals surface area contributed by atoms with Gasteiger partial charge in [-0.25, -0.2) is 14.4 Å². The van der Waals surface area contributed by atoms with Crippen LogP contribution in [0.25, 0.3) is 11.2 Å². The fourth-order valence-corrected chi connectivity index (χ4v) is 5.29. The van der Waals surface area contributed by atoms with Gasteiger partial charge in [-0.3, -0.25) is 9.36 Å². The molecule has 1 amide bonds. The van der Waals surface area contributed by atoms with Gasteiger partial charge in [0.1, 0.15) is 5.52 Å². The summed E-state index contributed by atoms with van der Waals surface area (Å²) in [6, 6.07) is 2.99. The predicted octanol–water partition coefficient (Wildman–Crippen LogP) is 4.92. The van der Waals surface area contributed by atoms with Crippen LogP contribution in [0.1, 0.15) is 57.1 Å². The minimum atomic E-state index is -4.84. The van der Waals surface area contributed by atoms with Gasteiger partial charge in [-0.05, 0) is 57.6 Å². The first-order valence-corrected chi connectivity index (χ1v) is 12.6. The molecule has 3 aromatic rings. The lowest BCUT2D eigenvalue weighted by Gasteiger charge is -2.29. The topological polar surface area (TPSA) is 120 Å². The van der Waals surface area contributed by atoms with Crippen molar-refractivity contribution in [3.63, 3.8) is 0 Å². The van der Waals surface area contributed by atoms with Crippen LogP contribution in [0, 0.1) is 11.7 Å². The number of carbonyl (C=O) groups excluding carboxylic acids is 1.